The number of aromatic nitrogens is 3. The molecule has 0 amide bonds. The molecule has 8 aromatic carbocycles. The highest BCUT2D eigenvalue weighted by atomic mass is 16.3. The zero-order valence-electron chi connectivity index (χ0n) is 29.8. The zero-order valence-corrected chi connectivity index (χ0v) is 29.8. The highest BCUT2D eigenvalue weighted by Crippen LogP contribution is 2.40. The summed E-state index contributed by atoms with van der Waals surface area (Å²) in [6.45, 7) is 0. The first-order valence-electron chi connectivity index (χ1n) is 18.4. The summed E-state index contributed by atoms with van der Waals surface area (Å²) < 4.78 is 6.48. The third-order valence-electron chi connectivity index (χ3n) is 10.1. The van der Waals surface area contributed by atoms with Gasteiger partial charge in [0.25, 0.3) is 0 Å². The normalized spacial score (nSPS) is 11.3. The molecule has 258 valence electrons. The van der Waals surface area contributed by atoms with E-state index in [2.05, 4.69) is 121 Å². The zero-order chi connectivity index (χ0) is 36.6. The molecule has 0 aliphatic heterocycles. The maximum absolute atomic E-state index is 6.48. The van der Waals surface area contributed by atoms with E-state index in [9.17, 15) is 0 Å². The molecular formula is C51H33N3O. The summed E-state index contributed by atoms with van der Waals surface area (Å²) in [6, 6.07) is 69.5. The second kappa shape index (κ2) is 13.8. The van der Waals surface area contributed by atoms with Crippen LogP contribution in [0.2, 0.25) is 0 Å². The van der Waals surface area contributed by atoms with Gasteiger partial charge in [0.2, 0.25) is 0 Å². The Bertz CT molecular complexity index is 2840. The molecule has 2 heterocycles. The maximum atomic E-state index is 6.48. The van der Waals surface area contributed by atoms with E-state index in [1.807, 2.05) is 78.9 Å². The molecule has 4 nitrogen and oxygen atoms in total. The van der Waals surface area contributed by atoms with Gasteiger partial charge in [-0.15, -0.1) is 0 Å². The molecule has 0 aliphatic rings. The Labute approximate surface area is 319 Å². The highest BCUT2D eigenvalue weighted by molar-refractivity contribution is 6.13. The van der Waals surface area contributed by atoms with E-state index in [1.165, 1.54) is 22.3 Å². The molecule has 0 spiro atoms. The topological polar surface area (TPSA) is 51.8 Å². The molecule has 0 unspecified atom stereocenters. The van der Waals surface area contributed by atoms with Crippen molar-refractivity contribution in [3.8, 4) is 78.7 Å². The lowest BCUT2D eigenvalue weighted by atomic mass is 9.91. The van der Waals surface area contributed by atoms with Crippen LogP contribution in [0.15, 0.2) is 205 Å². The van der Waals surface area contributed by atoms with Crippen molar-refractivity contribution in [3.63, 3.8) is 0 Å². The average Bonchev–Trinajstić information content (AvgIpc) is 3.66. The van der Waals surface area contributed by atoms with Gasteiger partial charge in [-0.25, -0.2) is 15.0 Å². The molecule has 10 rings (SSSR count). The number of hydrogen-bond acceptors (Lipinski definition) is 4. The van der Waals surface area contributed by atoms with Crippen molar-refractivity contribution in [1.82, 2.24) is 15.0 Å². The van der Waals surface area contributed by atoms with E-state index in [-0.39, 0.29) is 0 Å². The second-order valence-electron chi connectivity index (χ2n) is 13.6. The van der Waals surface area contributed by atoms with Crippen LogP contribution >= 0.6 is 0 Å². The number of fused-ring (bicyclic) bond motifs is 3. The second-order valence-corrected chi connectivity index (χ2v) is 13.6. The molecule has 0 fully saturated rings. The fourth-order valence-corrected chi connectivity index (χ4v) is 7.40. The molecule has 0 saturated heterocycles. The fourth-order valence-electron chi connectivity index (χ4n) is 7.40. The van der Waals surface area contributed by atoms with Crippen LogP contribution in [-0.2, 0) is 0 Å². The van der Waals surface area contributed by atoms with Gasteiger partial charge in [-0.2, -0.15) is 0 Å². The number of nitrogens with zero attached hydrogens (tertiary/aromatic N) is 3. The average molecular weight is 704 g/mol. The van der Waals surface area contributed by atoms with Crippen molar-refractivity contribution in [2.45, 2.75) is 0 Å². The van der Waals surface area contributed by atoms with Crippen molar-refractivity contribution < 1.29 is 4.42 Å². The standard InChI is InChI=1S/C51H33N3O/c1-5-15-34(16-6-1)41-30-42(35-17-7-2-8-18-35)32-43(31-41)38-23-13-24-39(29-38)44-25-14-26-47-48(44)45-33-40(27-28-46(45)55-47)51-53-49(36-19-9-3-10-20-36)52-50(54-51)37-21-11-4-12-22-37/h1-33H. The molecule has 0 aliphatic carbocycles. The first kappa shape index (κ1) is 32.2. The molecule has 55 heavy (non-hydrogen) atoms. The largest absolute Gasteiger partial charge is 0.456 e. The molecule has 0 N–H and O–H groups in total. The van der Waals surface area contributed by atoms with Gasteiger partial charge >= 0.3 is 0 Å². The summed E-state index contributed by atoms with van der Waals surface area (Å²) in [5.74, 6) is 1.87. The lowest BCUT2D eigenvalue weighted by Crippen LogP contribution is -2.00. The minimum absolute atomic E-state index is 0.607. The van der Waals surface area contributed by atoms with E-state index in [0.29, 0.717) is 17.5 Å². The van der Waals surface area contributed by atoms with Crippen molar-refractivity contribution in [2.24, 2.45) is 0 Å². The smallest absolute Gasteiger partial charge is 0.164 e. The van der Waals surface area contributed by atoms with Crippen molar-refractivity contribution in [2.75, 3.05) is 0 Å². The van der Waals surface area contributed by atoms with Crippen LogP contribution in [0.5, 0.6) is 0 Å². The molecule has 2 aromatic heterocycles. The van der Waals surface area contributed by atoms with Crippen LogP contribution in [0.4, 0.5) is 0 Å². The van der Waals surface area contributed by atoms with Crippen LogP contribution in [0.3, 0.4) is 0 Å². The van der Waals surface area contributed by atoms with Crippen LogP contribution in [0, 0.1) is 0 Å². The Balaban J connectivity index is 1.11. The lowest BCUT2D eigenvalue weighted by molar-refractivity contribution is 0.669. The molecule has 4 heteroatoms. The number of hydrogen-bond donors (Lipinski definition) is 0. The minimum atomic E-state index is 0.607. The van der Waals surface area contributed by atoms with E-state index in [1.54, 1.807) is 0 Å². The number of rotatable bonds is 7. The van der Waals surface area contributed by atoms with Gasteiger partial charge in [0.05, 0.1) is 0 Å². The summed E-state index contributed by atoms with van der Waals surface area (Å²) in [6.07, 6.45) is 0. The van der Waals surface area contributed by atoms with Crippen molar-refractivity contribution in [1.29, 1.82) is 0 Å². The summed E-state index contributed by atoms with van der Waals surface area (Å²) >= 11 is 0. The van der Waals surface area contributed by atoms with Crippen LogP contribution < -0.4 is 0 Å². The number of furan rings is 1. The van der Waals surface area contributed by atoms with Crippen LogP contribution in [0.1, 0.15) is 0 Å². The van der Waals surface area contributed by atoms with Gasteiger partial charge in [0.1, 0.15) is 11.2 Å². The molecule has 0 radical (unpaired) electrons. The summed E-state index contributed by atoms with van der Waals surface area (Å²) in [5.41, 5.74) is 13.7. The Morgan fingerprint density at radius 3 is 1.27 bits per heavy atom. The van der Waals surface area contributed by atoms with Gasteiger partial charge in [0, 0.05) is 27.5 Å². The van der Waals surface area contributed by atoms with Crippen molar-refractivity contribution >= 4 is 21.9 Å². The van der Waals surface area contributed by atoms with E-state index in [4.69, 9.17) is 19.4 Å². The SMILES string of the molecule is c1ccc(-c2cc(-c3ccccc3)cc(-c3cccc(-c4cccc5oc6ccc(-c7nc(-c8ccccc8)nc(-c8ccccc8)n7)cc6c45)c3)c2)cc1. The van der Waals surface area contributed by atoms with E-state index < -0.39 is 0 Å². The van der Waals surface area contributed by atoms with Gasteiger partial charge in [-0.1, -0.05) is 152 Å². The van der Waals surface area contributed by atoms with Crippen molar-refractivity contribution in [3.05, 3.63) is 200 Å². The van der Waals surface area contributed by atoms with Gasteiger partial charge in [0.15, 0.2) is 17.5 Å². The molecule has 0 atom stereocenters. The summed E-state index contributed by atoms with van der Waals surface area (Å²) in [5, 5.41) is 2.06. The Morgan fingerprint density at radius 2 is 0.709 bits per heavy atom. The van der Waals surface area contributed by atoms with E-state index in [0.717, 1.165) is 60.9 Å². The Hall–Kier alpha value is -7.43. The summed E-state index contributed by atoms with van der Waals surface area (Å²) in [4.78, 5) is 14.9. The molecule has 0 bridgehead atoms. The molecule has 0 saturated carbocycles. The minimum Gasteiger partial charge on any atom is -0.456 e. The first-order chi connectivity index (χ1) is 27.2. The monoisotopic (exact) mass is 703 g/mol. The third-order valence-corrected chi connectivity index (χ3v) is 10.1. The van der Waals surface area contributed by atoms with E-state index >= 15 is 0 Å². The molecular weight excluding hydrogens is 671 g/mol. The predicted molar refractivity (Wildman–Crippen MR) is 225 cm³/mol. The number of benzene rings is 8. The third kappa shape index (κ3) is 6.26. The predicted octanol–water partition coefficient (Wildman–Crippen LogP) is 13.4. The highest BCUT2D eigenvalue weighted by Gasteiger charge is 2.17. The maximum Gasteiger partial charge on any atom is 0.164 e. The molecule has 10 aromatic rings. The lowest BCUT2D eigenvalue weighted by Gasteiger charge is -2.13. The summed E-state index contributed by atoms with van der Waals surface area (Å²) in [7, 11) is 0. The Kier molecular flexibility index (Phi) is 8.12. The van der Waals surface area contributed by atoms with Gasteiger partial charge in [-0.05, 0) is 93.0 Å². The fraction of sp³-hybridized carbons (Fsp3) is 0. The van der Waals surface area contributed by atoms with Gasteiger partial charge < -0.3 is 4.42 Å². The quantitative estimate of drug-likeness (QED) is 0.166. The first-order valence-corrected chi connectivity index (χ1v) is 18.4. The Morgan fingerprint density at radius 1 is 0.273 bits per heavy atom. The van der Waals surface area contributed by atoms with Crippen LogP contribution in [0.25, 0.3) is 101 Å². The van der Waals surface area contributed by atoms with Crippen LogP contribution in [-0.4, -0.2) is 15.0 Å². The van der Waals surface area contributed by atoms with Gasteiger partial charge in [-0.3, -0.25) is 0 Å².